The standard InChI is InChI=1S/C20H24N2O2/c23-20(21-13-6-16-22-14-4-5-15-22)17-9-11-19(12-10-17)24-18-7-2-1-3-8-18/h1-3,7-12H,4-6,13-16H2,(H,21,23)/p+1. The zero-order valence-corrected chi connectivity index (χ0v) is 14.0. The molecule has 0 radical (unpaired) electrons. The van der Waals surface area contributed by atoms with Crippen LogP contribution >= 0.6 is 0 Å². The van der Waals surface area contributed by atoms with Crippen molar-refractivity contribution in [1.82, 2.24) is 5.32 Å². The Morgan fingerprint density at radius 2 is 1.62 bits per heavy atom. The van der Waals surface area contributed by atoms with Crippen LogP contribution in [-0.4, -0.2) is 32.1 Å². The van der Waals surface area contributed by atoms with Crippen LogP contribution in [0.25, 0.3) is 0 Å². The largest absolute Gasteiger partial charge is 0.457 e. The third kappa shape index (κ3) is 4.83. The molecule has 0 aliphatic carbocycles. The molecule has 24 heavy (non-hydrogen) atoms. The summed E-state index contributed by atoms with van der Waals surface area (Å²) in [4.78, 5) is 13.8. The molecule has 4 heteroatoms. The van der Waals surface area contributed by atoms with Crippen molar-refractivity contribution in [3.8, 4) is 11.5 Å². The van der Waals surface area contributed by atoms with E-state index in [1.165, 1.54) is 25.9 Å². The Hall–Kier alpha value is -2.33. The number of nitrogens with one attached hydrogen (secondary N) is 2. The van der Waals surface area contributed by atoms with E-state index in [2.05, 4.69) is 5.32 Å². The second kappa shape index (κ2) is 8.50. The minimum absolute atomic E-state index is 0.0160. The Bertz CT molecular complexity index is 634. The van der Waals surface area contributed by atoms with Crippen molar-refractivity contribution in [1.29, 1.82) is 0 Å². The Morgan fingerprint density at radius 1 is 0.958 bits per heavy atom. The first-order chi connectivity index (χ1) is 11.8. The van der Waals surface area contributed by atoms with Gasteiger partial charge in [0, 0.05) is 31.4 Å². The van der Waals surface area contributed by atoms with Gasteiger partial charge in [0.1, 0.15) is 11.5 Å². The Labute approximate surface area is 143 Å². The molecule has 2 aromatic rings. The van der Waals surface area contributed by atoms with Gasteiger partial charge in [-0.2, -0.15) is 0 Å². The van der Waals surface area contributed by atoms with E-state index >= 15 is 0 Å². The quantitative estimate of drug-likeness (QED) is 0.767. The number of carbonyl (C=O) groups is 1. The average Bonchev–Trinajstić information content (AvgIpc) is 3.13. The highest BCUT2D eigenvalue weighted by molar-refractivity contribution is 5.94. The lowest BCUT2D eigenvalue weighted by Gasteiger charge is -2.12. The first-order valence-corrected chi connectivity index (χ1v) is 8.76. The molecule has 0 saturated carbocycles. The summed E-state index contributed by atoms with van der Waals surface area (Å²) in [5.74, 6) is 1.51. The van der Waals surface area contributed by atoms with Gasteiger partial charge in [-0.15, -0.1) is 0 Å². The molecule has 0 aromatic heterocycles. The molecule has 3 rings (SSSR count). The molecule has 1 aliphatic heterocycles. The molecule has 1 aliphatic rings. The van der Waals surface area contributed by atoms with E-state index in [0.717, 1.165) is 31.0 Å². The van der Waals surface area contributed by atoms with E-state index in [4.69, 9.17) is 4.74 Å². The molecule has 0 unspecified atom stereocenters. The first-order valence-electron chi connectivity index (χ1n) is 8.76. The third-order valence-corrected chi connectivity index (χ3v) is 4.40. The van der Waals surface area contributed by atoms with Gasteiger partial charge in [-0.25, -0.2) is 0 Å². The maximum Gasteiger partial charge on any atom is 0.251 e. The lowest BCUT2D eigenvalue weighted by atomic mass is 10.2. The zero-order chi connectivity index (χ0) is 16.6. The normalized spacial score (nSPS) is 14.5. The van der Waals surface area contributed by atoms with Gasteiger partial charge in [0.15, 0.2) is 0 Å². The third-order valence-electron chi connectivity index (χ3n) is 4.40. The zero-order valence-electron chi connectivity index (χ0n) is 14.0. The molecule has 1 heterocycles. The summed E-state index contributed by atoms with van der Waals surface area (Å²) in [6.45, 7) is 4.47. The van der Waals surface area contributed by atoms with Crippen LogP contribution in [0.15, 0.2) is 54.6 Å². The van der Waals surface area contributed by atoms with Gasteiger partial charge in [0.25, 0.3) is 5.91 Å². The van der Waals surface area contributed by atoms with E-state index < -0.39 is 0 Å². The van der Waals surface area contributed by atoms with Crippen LogP contribution in [0.2, 0.25) is 0 Å². The SMILES string of the molecule is O=C(NCCC[NH+]1CCCC1)c1ccc(Oc2ccccc2)cc1. The van der Waals surface area contributed by atoms with Crippen LogP contribution in [0.5, 0.6) is 11.5 Å². The summed E-state index contributed by atoms with van der Waals surface area (Å²) >= 11 is 0. The minimum atomic E-state index is -0.0160. The van der Waals surface area contributed by atoms with Gasteiger partial charge in [-0.3, -0.25) is 4.79 Å². The van der Waals surface area contributed by atoms with E-state index in [1.807, 2.05) is 42.5 Å². The molecule has 4 nitrogen and oxygen atoms in total. The monoisotopic (exact) mass is 325 g/mol. The minimum Gasteiger partial charge on any atom is -0.457 e. The number of hydrogen-bond acceptors (Lipinski definition) is 2. The van der Waals surface area contributed by atoms with E-state index in [9.17, 15) is 4.79 Å². The number of carbonyl (C=O) groups excluding carboxylic acids is 1. The van der Waals surface area contributed by atoms with Crippen LogP contribution in [0.3, 0.4) is 0 Å². The number of rotatable bonds is 7. The number of para-hydroxylation sites is 1. The van der Waals surface area contributed by atoms with E-state index in [-0.39, 0.29) is 5.91 Å². The molecular formula is C20H25N2O2+. The molecule has 0 spiro atoms. The molecule has 1 saturated heterocycles. The fraction of sp³-hybridized carbons (Fsp3) is 0.350. The number of likely N-dealkylation sites (tertiary alicyclic amines) is 1. The van der Waals surface area contributed by atoms with Gasteiger partial charge in [-0.05, 0) is 36.4 Å². The van der Waals surface area contributed by atoms with Gasteiger partial charge in [0.2, 0.25) is 0 Å². The van der Waals surface area contributed by atoms with E-state index in [0.29, 0.717) is 5.56 Å². The summed E-state index contributed by atoms with van der Waals surface area (Å²) < 4.78 is 5.73. The molecule has 126 valence electrons. The topological polar surface area (TPSA) is 42.8 Å². The van der Waals surface area contributed by atoms with E-state index in [1.54, 1.807) is 17.0 Å². The first kappa shape index (κ1) is 16.5. The fourth-order valence-electron chi connectivity index (χ4n) is 3.07. The van der Waals surface area contributed by atoms with Crippen molar-refractivity contribution in [3.05, 3.63) is 60.2 Å². The molecule has 1 amide bonds. The maximum absolute atomic E-state index is 12.2. The Kier molecular flexibility index (Phi) is 5.85. The average molecular weight is 325 g/mol. The summed E-state index contributed by atoms with van der Waals surface area (Å²) in [5.41, 5.74) is 0.670. The van der Waals surface area contributed by atoms with Crippen molar-refractivity contribution in [3.63, 3.8) is 0 Å². The van der Waals surface area contributed by atoms with Crippen molar-refractivity contribution in [2.75, 3.05) is 26.2 Å². The predicted octanol–water partition coefficient (Wildman–Crippen LogP) is 2.28. The van der Waals surface area contributed by atoms with Crippen LogP contribution in [0, 0.1) is 0 Å². The van der Waals surface area contributed by atoms with Crippen molar-refractivity contribution in [2.24, 2.45) is 0 Å². The highest BCUT2D eigenvalue weighted by atomic mass is 16.5. The Morgan fingerprint density at radius 3 is 2.33 bits per heavy atom. The van der Waals surface area contributed by atoms with Gasteiger partial charge < -0.3 is 15.0 Å². The van der Waals surface area contributed by atoms with Crippen molar-refractivity contribution in [2.45, 2.75) is 19.3 Å². The predicted molar refractivity (Wildman–Crippen MR) is 94.7 cm³/mol. The molecule has 2 N–H and O–H groups in total. The molecular weight excluding hydrogens is 300 g/mol. The van der Waals surface area contributed by atoms with Crippen LogP contribution in [0.4, 0.5) is 0 Å². The number of quaternary nitrogens is 1. The summed E-state index contributed by atoms with van der Waals surface area (Å²) in [6.07, 6.45) is 3.73. The molecule has 2 aromatic carbocycles. The van der Waals surface area contributed by atoms with Crippen molar-refractivity contribution >= 4 is 5.91 Å². The summed E-state index contributed by atoms with van der Waals surface area (Å²) in [5, 5.41) is 3.00. The molecule has 0 atom stereocenters. The number of benzene rings is 2. The molecule has 1 fully saturated rings. The second-order valence-electron chi connectivity index (χ2n) is 6.26. The highest BCUT2D eigenvalue weighted by Crippen LogP contribution is 2.21. The van der Waals surface area contributed by atoms with Gasteiger partial charge in [-0.1, -0.05) is 18.2 Å². The van der Waals surface area contributed by atoms with Crippen LogP contribution in [0.1, 0.15) is 29.6 Å². The maximum atomic E-state index is 12.2. The Balaban J connectivity index is 1.43. The lowest BCUT2D eigenvalue weighted by molar-refractivity contribution is -0.887. The lowest BCUT2D eigenvalue weighted by Crippen LogP contribution is -3.10. The number of ether oxygens (including phenoxy) is 1. The molecule has 0 bridgehead atoms. The van der Waals surface area contributed by atoms with Crippen LogP contribution in [-0.2, 0) is 0 Å². The van der Waals surface area contributed by atoms with Crippen LogP contribution < -0.4 is 15.0 Å². The summed E-state index contributed by atoms with van der Waals surface area (Å²) in [7, 11) is 0. The smallest absolute Gasteiger partial charge is 0.251 e. The number of amides is 1. The highest BCUT2D eigenvalue weighted by Gasteiger charge is 2.14. The second-order valence-corrected chi connectivity index (χ2v) is 6.26. The fourth-order valence-corrected chi connectivity index (χ4v) is 3.07. The number of hydrogen-bond donors (Lipinski definition) is 2. The van der Waals surface area contributed by atoms with Gasteiger partial charge in [0.05, 0.1) is 19.6 Å². The van der Waals surface area contributed by atoms with Gasteiger partial charge >= 0.3 is 0 Å². The summed E-state index contributed by atoms with van der Waals surface area (Å²) in [6, 6.07) is 16.9. The van der Waals surface area contributed by atoms with Crippen molar-refractivity contribution < 1.29 is 14.4 Å².